The Morgan fingerprint density at radius 2 is 1.85 bits per heavy atom. The van der Waals surface area contributed by atoms with Crippen molar-refractivity contribution < 1.29 is 4.79 Å². The van der Waals surface area contributed by atoms with Crippen LogP contribution in [0.25, 0.3) is 0 Å². The van der Waals surface area contributed by atoms with Crippen LogP contribution in [-0.4, -0.2) is 30.2 Å². The first kappa shape index (κ1) is 20.0. The van der Waals surface area contributed by atoms with E-state index in [9.17, 15) is 14.4 Å². The highest BCUT2D eigenvalue weighted by Crippen LogP contribution is 2.23. The van der Waals surface area contributed by atoms with Gasteiger partial charge in [0.05, 0.1) is 11.4 Å². The Labute approximate surface area is 156 Å². The van der Waals surface area contributed by atoms with E-state index in [0.29, 0.717) is 0 Å². The second-order valence-electron chi connectivity index (χ2n) is 6.25. The van der Waals surface area contributed by atoms with Gasteiger partial charge in [-0.15, -0.1) is 0 Å². The quantitative estimate of drug-likeness (QED) is 0.573. The molecular weight excluding hydrogens is 354 g/mol. The Hall–Kier alpha value is -2.29. The van der Waals surface area contributed by atoms with Crippen LogP contribution in [0.5, 0.6) is 0 Å². The maximum absolute atomic E-state index is 12.6. The van der Waals surface area contributed by atoms with Crippen molar-refractivity contribution in [1.29, 1.82) is 0 Å². The van der Waals surface area contributed by atoms with E-state index in [1.807, 2.05) is 13.8 Å². The number of ketones is 1. The van der Waals surface area contributed by atoms with Gasteiger partial charge < -0.3 is 10.3 Å². The van der Waals surface area contributed by atoms with Crippen molar-refractivity contribution in [2.24, 2.45) is 14.1 Å². The van der Waals surface area contributed by atoms with Crippen LogP contribution in [0.3, 0.4) is 0 Å². The molecule has 0 aliphatic rings. The van der Waals surface area contributed by atoms with Crippen molar-refractivity contribution in [3.05, 3.63) is 37.8 Å². The number of anilines is 1. The van der Waals surface area contributed by atoms with E-state index in [1.165, 1.54) is 25.9 Å². The first-order chi connectivity index (χ1) is 12.2. The monoisotopic (exact) mass is 379 g/mol. The molecule has 0 bridgehead atoms. The van der Waals surface area contributed by atoms with Gasteiger partial charge in [0.15, 0.2) is 10.9 Å². The maximum Gasteiger partial charge on any atom is 0.332 e. The summed E-state index contributed by atoms with van der Waals surface area (Å²) < 4.78 is 4.10. The van der Waals surface area contributed by atoms with Gasteiger partial charge in [0.1, 0.15) is 11.4 Å². The summed E-state index contributed by atoms with van der Waals surface area (Å²) >= 11 is 1.28. The van der Waals surface area contributed by atoms with Crippen molar-refractivity contribution >= 4 is 23.4 Å². The molecule has 0 atom stereocenters. The molecule has 9 heteroatoms. The number of aryl methyl sites for hydroxylation is 1. The zero-order chi connectivity index (χ0) is 19.6. The number of unbranched alkanes of at least 4 members (excludes halogenated alkanes) is 1. The number of rotatable bonds is 7. The fraction of sp³-hybridized carbons (Fsp3) is 0.529. The van der Waals surface area contributed by atoms with E-state index in [1.54, 1.807) is 0 Å². The van der Waals surface area contributed by atoms with E-state index in [-0.39, 0.29) is 17.1 Å². The molecule has 2 heterocycles. The van der Waals surface area contributed by atoms with Crippen LogP contribution in [0.1, 0.15) is 41.5 Å². The van der Waals surface area contributed by atoms with Gasteiger partial charge in [0.2, 0.25) is 0 Å². The number of imidazole rings is 1. The topological polar surface area (TPSA) is 105 Å². The minimum absolute atomic E-state index is 0.0274. The van der Waals surface area contributed by atoms with Crippen molar-refractivity contribution in [2.75, 3.05) is 11.5 Å². The van der Waals surface area contributed by atoms with Crippen molar-refractivity contribution in [2.45, 2.75) is 45.3 Å². The molecule has 0 unspecified atom stereocenters. The number of carbonyl (C=O) groups excluding carboxylic acids is 1. The number of nitrogens with two attached hydrogens (primary N) is 1. The fourth-order valence-electron chi connectivity index (χ4n) is 2.64. The van der Waals surface area contributed by atoms with E-state index >= 15 is 0 Å². The second-order valence-corrected chi connectivity index (χ2v) is 7.19. The molecule has 2 rings (SSSR count). The summed E-state index contributed by atoms with van der Waals surface area (Å²) in [6, 6.07) is 0. The molecule has 0 aromatic carbocycles. The van der Waals surface area contributed by atoms with Gasteiger partial charge in [-0.25, -0.2) is 9.78 Å². The molecule has 2 aromatic rings. The molecular formula is C17H25N5O3S. The molecule has 0 saturated heterocycles. The summed E-state index contributed by atoms with van der Waals surface area (Å²) in [6.07, 6.45) is 2.08. The van der Waals surface area contributed by atoms with Crippen molar-refractivity contribution in [1.82, 2.24) is 18.7 Å². The van der Waals surface area contributed by atoms with Crippen LogP contribution < -0.4 is 17.0 Å². The van der Waals surface area contributed by atoms with Gasteiger partial charge in [-0.2, -0.15) is 0 Å². The van der Waals surface area contributed by atoms with Crippen molar-refractivity contribution in [3.8, 4) is 0 Å². The third-order valence-corrected chi connectivity index (χ3v) is 5.46. The maximum atomic E-state index is 12.6. The van der Waals surface area contributed by atoms with Crippen LogP contribution in [0.4, 0.5) is 5.82 Å². The minimum atomic E-state index is -0.669. The largest absolute Gasteiger partial charge is 0.384 e. The molecule has 0 fully saturated rings. The highest BCUT2D eigenvalue weighted by molar-refractivity contribution is 7.99. The summed E-state index contributed by atoms with van der Waals surface area (Å²) in [5.41, 5.74) is 6.47. The predicted octanol–water partition coefficient (Wildman–Crippen LogP) is 1.25. The van der Waals surface area contributed by atoms with Gasteiger partial charge in [-0.3, -0.25) is 18.7 Å². The number of aromatic nitrogens is 4. The summed E-state index contributed by atoms with van der Waals surface area (Å²) in [6.45, 7) is 6.89. The van der Waals surface area contributed by atoms with Gasteiger partial charge in [-0.1, -0.05) is 25.1 Å². The Bertz CT molecular complexity index is 955. The molecule has 2 N–H and O–H groups in total. The molecule has 0 spiro atoms. The number of nitrogen functional groups attached to an aromatic ring is 1. The first-order valence-electron chi connectivity index (χ1n) is 8.45. The lowest BCUT2D eigenvalue weighted by Crippen LogP contribution is -2.41. The smallest absolute Gasteiger partial charge is 0.332 e. The lowest BCUT2D eigenvalue weighted by atomic mass is 10.2. The number of nitrogens with zero attached hydrogens (tertiary/aromatic N) is 4. The van der Waals surface area contributed by atoms with Gasteiger partial charge in [0.25, 0.3) is 5.56 Å². The molecule has 0 aliphatic heterocycles. The van der Waals surface area contributed by atoms with E-state index in [0.717, 1.165) is 45.1 Å². The van der Waals surface area contributed by atoms with Crippen LogP contribution >= 0.6 is 11.8 Å². The van der Waals surface area contributed by atoms with Crippen LogP contribution in [0.15, 0.2) is 14.7 Å². The van der Waals surface area contributed by atoms with Gasteiger partial charge >= 0.3 is 5.69 Å². The highest BCUT2D eigenvalue weighted by atomic mass is 32.2. The van der Waals surface area contributed by atoms with Gasteiger partial charge in [-0.05, 0) is 20.3 Å². The standard InChI is InChI=1S/C17H25N5O3S/c1-6-7-8-22-11(3)10(2)19-16(22)26-9-12(23)13-14(18)20(4)17(25)21(5)15(13)24/h6-9,18H2,1-5H3. The lowest BCUT2D eigenvalue weighted by molar-refractivity contribution is 0.102. The number of carbonyl (C=O) groups is 1. The number of hydrogen-bond donors (Lipinski definition) is 1. The Morgan fingerprint density at radius 3 is 2.46 bits per heavy atom. The zero-order valence-corrected chi connectivity index (χ0v) is 16.6. The Morgan fingerprint density at radius 1 is 1.19 bits per heavy atom. The van der Waals surface area contributed by atoms with Gasteiger partial charge in [0, 0.05) is 26.3 Å². The molecule has 2 aromatic heterocycles. The fourth-order valence-corrected chi connectivity index (χ4v) is 3.63. The summed E-state index contributed by atoms with van der Waals surface area (Å²) in [5.74, 6) is -0.492. The zero-order valence-electron chi connectivity index (χ0n) is 15.8. The van der Waals surface area contributed by atoms with E-state index in [2.05, 4.69) is 16.5 Å². The summed E-state index contributed by atoms with van der Waals surface area (Å²) in [7, 11) is 2.77. The first-order valence-corrected chi connectivity index (χ1v) is 9.44. The third-order valence-electron chi connectivity index (χ3n) is 4.48. The summed E-state index contributed by atoms with van der Waals surface area (Å²) in [4.78, 5) is 41.3. The Balaban J connectivity index is 2.30. The summed E-state index contributed by atoms with van der Waals surface area (Å²) in [5, 5.41) is 0.752. The third kappa shape index (κ3) is 3.62. The predicted molar refractivity (Wildman–Crippen MR) is 103 cm³/mol. The number of Topliss-reactive ketones (excluding diaryl/α,β-unsaturated/α-hetero) is 1. The average Bonchev–Trinajstić information content (AvgIpc) is 2.88. The highest BCUT2D eigenvalue weighted by Gasteiger charge is 2.21. The molecule has 0 aliphatic carbocycles. The Kier molecular flexibility index (Phi) is 6.12. The molecule has 26 heavy (non-hydrogen) atoms. The van der Waals surface area contributed by atoms with Crippen LogP contribution in [0, 0.1) is 13.8 Å². The van der Waals surface area contributed by atoms with E-state index in [4.69, 9.17) is 5.73 Å². The molecule has 8 nitrogen and oxygen atoms in total. The number of hydrogen-bond acceptors (Lipinski definition) is 6. The molecule has 0 amide bonds. The van der Waals surface area contributed by atoms with Crippen LogP contribution in [0.2, 0.25) is 0 Å². The number of thioether (sulfide) groups is 1. The molecule has 142 valence electrons. The molecule has 0 saturated carbocycles. The molecule has 0 radical (unpaired) electrons. The van der Waals surface area contributed by atoms with E-state index < -0.39 is 17.0 Å². The van der Waals surface area contributed by atoms with Crippen LogP contribution in [-0.2, 0) is 20.6 Å². The van der Waals surface area contributed by atoms with Crippen molar-refractivity contribution in [3.63, 3.8) is 0 Å². The SMILES string of the molecule is CCCCn1c(SCC(=O)c2c(N)n(C)c(=O)n(C)c2=O)nc(C)c1C. The lowest BCUT2D eigenvalue weighted by Gasteiger charge is -2.11. The minimum Gasteiger partial charge on any atom is -0.384 e. The second kappa shape index (κ2) is 7.94. The normalized spacial score (nSPS) is 11.1. The average molecular weight is 379 g/mol.